The Morgan fingerprint density at radius 3 is 2.56 bits per heavy atom. The van der Waals surface area contributed by atoms with Crippen molar-refractivity contribution in [1.82, 2.24) is 5.32 Å². The Morgan fingerprint density at radius 1 is 1.19 bits per heavy atom. The van der Waals surface area contributed by atoms with E-state index in [0.717, 1.165) is 19.6 Å². The van der Waals surface area contributed by atoms with Gasteiger partial charge >= 0.3 is 0 Å². The fourth-order valence-corrected chi connectivity index (χ4v) is 2.36. The molecular weight excluding hydrogens is 196 g/mol. The topological polar surface area (TPSA) is 15.3 Å². The molecule has 2 nitrogen and oxygen atoms in total. The summed E-state index contributed by atoms with van der Waals surface area (Å²) in [5.74, 6) is 0. The average molecular weight is 218 g/mol. The van der Waals surface area contributed by atoms with Gasteiger partial charge in [-0.15, -0.1) is 0 Å². The second-order valence-corrected chi connectivity index (χ2v) is 5.33. The molecule has 1 aromatic rings. The first kappa shape index (κ1) is 11.5. The van der Waals surface area contributed by atoms with Crippen LogP contribution in [0.5, 0.6) is 0 Å². The lowest BCUT2D eigenvalue weighted by molar-refractivity contribution is 0.462. The van der Waals surface area contributed by atoms with Crippen molar-refractivity contribution in [3.8, 4) is 0 Å². The first-order valence-corrected chi connectivity index (χ1v) is 6.15. The molecule has 1 fully saturated rings. The fourth-order valence-electron chi connectivity index (χ4n) is 2.36. The summed E-state index contributed by atoms with van der Waals surface area (Å²) in [4.78, 5) is 2.52. The largest absolute Gasteiger partial charge is 0.365 e. The number of nitrogens with one attached hydrogen (secondary N) is 1. The lowest BCUT2D eigenvalue weighted by Crippen LogP contribution is -2.48. The molecule has 1 heterocycles. The summed E-state index contributed by atoms with van der Waals surface area (Å²) in [7, 11) is 0. The average Bonchev–Trinajstić information content (AvgIpc) is 2.41. The Morgan fingerprint density at radius 2 is 1.88 bits per heavy atom. The van der Waals surface area contributed by atoms with E-state index in [1.165, 1.54) is 17.7 Å². The number of nitrogens with zero attached hydrogens (tertiary/aromatic N) is 1. The predicted octanol–water partition coefficient (Wildman–Crippen LogP) is 2.57. The van der Waals surface area contributed by atoms with Crippen molar-refractivity contribution in [2.75, 3.05) is 24.5 Å². The quantitative estimate of drug-likeness (QED) is 0.779. The van der Waals surface area contributed by atoms with Crippen LogP contribution >= 0.6 is 0 Å². The minimum atomic E-state index is 0.200. The molecule has 0 saturated carbocycles. The van der Waals surface area contributed by atoms with E-state index < -0.39 is 0 Å². The highest BCUT2D eigenvalue weighted by Gasteiger charge is 2.28. The summed E-state index contributed by atoms with van der Waals surface area (Å²) in [5, 5.41) is 3.51. The van der Waals surface area contributed by atoms with E-state index >= 15 is 0 Å². The lowest BCUT2D eigenvalue weighted by atomic mass is 10.0. The Balaban J connectivity index is 2.26. The van der Waals surface area contributed by atoms with E-state index in [1.807, 2.05) is 0 Å². The number of hydrogen-bond donors (Lipinski definition) is 1. The van der Waals surface area contributed by atoms with Gasteiger partial charge in [0.2, 0.25) is 0 Å². The van der Waals surface area contributed by atoms with Crippen LogP contribution in [0.25, 0.3) is 0 Å². The second-order valence-electron chi connectivity index (χ2n) is 5.33. The third kappa shape index (κ3) is 2.38. The molecular formula is C14H22N2. The van der Waals surface area contributed by atoms with Crippen molar-refractivity contribution >= 4 is 5.69 Å². The van der Waals surface area contributed by atoms with Crippen molar-refractivity contribution in [2.45, 2.75) is 32.7 Å². The zero-order chi connectivity index (χ0) is 11.6. The summed E-state index contributed by atoms with van der Waals surface area (Å²) in [6.07, 6.45) is 1.22. The monoisotopic (exact) mass is 218 g/mol. The van der Waals surface area contributed by atoms with Crippen molar-refractivity contribution in [3.63, 3.8) is 0 Å². The minimum Gasteiger partial charge on any atom is -0.365 e. The van der Waals surface area contributed by atoms with Crippen LogP contribution in [0.15, 0.2) is 24.3 Å². The summed E-state index contributed by atoms with van der Waals surface area (Å²) in [6, 6.07) is 8.87. The molecule has 1 aliphatic heterocycles. The van der Waals surface area contributed by atoms with Gasteiger partial charge in [-0.25, -0.2) is 0 Å². The van der Waals surface area contributed by atoms with Gasteiger partial charge < -0.3 is 10.2 Å². The maximum atomic E-state index is 3.51. The summed E-state index contributed by atoms with van der Waals surface area (Å²) in [6.45, 7) is 10.1. The van der Waals surface area contributed by atoms with Crippen LogP contribution < -0.4 is 10.2 Å². The summed E-state index contributed by atoms with van der Waals surface area (Å²) in [5.41, 5.74) is 2.87. The SMILES string of the molecule is Cc1ccc(N2CCCNCC2(C)C)cc1. The number of rotatable bonds is 1. The zero-order valence-electron chi connectivity index (χ0n) is 10.6. The molecule has 0 unspecified atom stereocenters. The molecule has 0 aromatic heterocycles. The zero-order valence-corrected chi connectivity index (χ0v) is 10.6. The number of aryl methyl sites for hydroxylation is 1. The van der Waals surface area contributed by atoms with Crippen LogP contribution in [0.2, 0.25) is 0 Å². The molecule has 0 atom stereocenters. The van der Waals surface area contributed by atoms with Crippen LogP contribution in [-0.2, 0) is 0 Å². The third-order valence-corrected chi connectivity index (χ3v) is 3.37. The van der Waals surface area contributed by atoms with E-state index in [9.17, 15) is 0 Å². The molecule has 2 rings (SSSR count). The first-order chi connectivity index (χ1) is 7.59. The fraction of sp³-hybridized carbons (Fsp3) is 0.571. The highest BCUT2D eigenvalue weighted by Crippen LogP contribution is 2.25. The van der Waals surface area contributed by atoms with Gasteiger partial charge in [0.25, 0.3) is 0 Å². The minimum absolute atomic E-state index is 0.200. The van der Waals surface area contributed by atoms with Gasteiger partial charge in [-0.2, -0.15) is 0 Å². The van der Waals surface area contributed by atoms with Crippen LogP contribution in [0.1, 0.15) is 25.8 Å². The maximum Gasteiger partial charge on any atom is 0.0470 e. The van der Waals surface area contributed by atoms with Gasteiger partial charge in [-0.1, -0.05) is 17.7 Å². The molecule has 0 spiro atoms. The van der Waals surface area contributed by atoms with Gasteiger partial charge in [0.15, 0.2) is 0 Å². The van der Waals surface area contributed by atoms with Crippen LogP contribution in [-0.4, -0.2) is 25.2 Å². The molecule has 1 saturated heterocycles. The highest BCUT2D eigenvalue weighted by atomic mass is 15.2. The molecule has 1 aromatic carbocycles. The maximum absolute atomic E-state index is 3.51. The van der Waals surface area contributed by atoms with Gasteiger partial charge in [0.05, 0.1) is 0 Å². The summed E-state index contributed by atoms with van der Waals surface area (Å²) >= 11 is 0. The van der Waals surface area contributed by atoms with Crippen molar-refractivity contribution in [2.24, 2.45) is 0 Å². The van der Waals surface area contributed by atoms with E-state index in [4.69, 9.17) is 0 Å². The molecule has 2 heteroatoms. The number of benzene rings is 1. The Hall–Kier alpha value is -1.02. The highest BCUT2D eigenvalue weighted by molar-refractivity contribution is 5.50. The molecule has 0 aliphatic carbocycles. The number of anilines is 1. The van der Waals surface area contributed by atoms with E-state index in [0.29, 0.717) is 0 Å². The van der Waals surface area contributed by atoms with Crippen molar-refractivity contribution < 1.29 is 0 Å². The Kier molecular flexibility index (Phi) is 3.20. The lowest BCUT2D eigenvalue weighted by Gasteiger charge is -2.39. The molecule has 0 radical (unpaired) electrons. The summed E-state index contributed by atoms with van der Waals surface area (Å²) < 4.78 is 0. The first-order valence-electron chi connectivity index (χ1n) is 6.15. The third-order valence-electron chi connectivity index (χ3n) is 3.37. The van der Waals surface area contributed by atoms with Gasteiger partial charge in [0.1, 0.15) is 0 Å². The van der Waals surface area contributed by atoms with E-state index in [1.54, 1.807) is 0 Å². The van der Waals surface area contributed by atoms with Gasteiger partial charge in [-0.3, -0.25) is 0 Å². The van der Waals surface area contributed by atoms with Crippen LogP contribution in [0.3, 0.4) is 0 Å². The van der Waals surface area contributed by atoms with Crippen molar-refractivity contribution in [1.29, 1.82) is 0 Å². The predicted molar refractivity (Wildman–Crippen MR) is 70.1 cm³/mol. The molecule has 1 N–H and O–H groups in total. The normalized spacial score (nSPS) is 20.6. The second kappa shape index (κ2) is 4.46. The van der Waals surface area contributed by atoms with Crippen LogP contribution in [0, 0.1) is 6.92 Å². The molecule has 0 amide bonds. The molecule has 88 valence electrons. The molecule has 1 aliphatic rings. The van der Waals surface area contributed by atoms with Crippen LogP contribution in [0.4, 0.5) is 5.69 Å². The number of hydrogen-bond acceptors (Lipinski definition) is 2. The van der Waals surface area contributed by atoms with Gasteiger partial charge in [-0.05, 0) is 45.9 Å². The van der Waals surface area contributed by atoms with E-state index in [2.05, 4.69) is 55.3 Å². The van der Waals surface area contributed by atoms with Crippen molar-refractivity contribution in [3.05, 3.63) is 29.8 Å². The van der Waals surface area contributed by atoms with Gasteiger partial charge in [0, 0.05) is 24.3 Å². The van der Waals surface area contributed by atoms with E-state index in [-0.39, 0.29) is 5.54 Å². The standard InChI is InChI=1S/C14H22N2/c1-12-5-7-13(8-6-12)16-10-4-9-15-11-14(16,2)3/h5-8,15H,4,9-11H2,1-3H3. The Bertz CT molecular complexity index is 340. The Labute approximate surface area is 98.7 Å². The smallest absolute Gasteiger partial charge is 0.0470 e. The molecule has 0 bridgehead atoms. The molecule has 16 heavy (non-hydrogen) atoms.